The SMILES string of the molecule is Cc1cn(C)c2ccc(OC(C)(C)C(=O)O)cc12. The second-order valence-corrected chi connectivity index (χ2v) is 5.02. The van der Waals surface area contributed by atoms with Crippen LogP contribution < -0.4 is 4.74 Å². The molecular weight excluding hydrogens is 230 g/mol. The van der Waals surface area contributed by atoms with E-state index in [0.29, 0.717) is 5.75 Å². The lowest BCUT2D eigenvalue weighted by atomic mass is 10.1. The van der Waals surface area contributed by atoms with Crippen LogP contribution >= 0.6 is 0 Å². The van der Waals surface area contributed by atoms with E-state index in [2.05, 4.69) is 0 Å². The highest BCUT2D eigenvalue weighted by Crippen LogP contribution is 2.27. The van der Waals surface area contributed by atoms with Crippen molar-refractivity contribution in [2.24, 2.45) is 7.05 Å². The fraction of sp³-hybridized carbons (Fsp3) is 0.357. The van der Waals surface area contributed by atoms with Crippen LogP contribution in [0.5, 0.6) is 5.75 Å². The van der Waals surface area contributed by atoms with Crippen LogP contribution in [0, 0.1) is 6.92 Å². The third-order valence-electron chi connectivity index (χ3n) is 3.05. The first-order valence-corrected chi connectivity index (χ1v) is 5.79. The molecule has 1 heterocycles. The molecule has 0 unspecified atom stereocenters. The third-order valence-corrected chi connectivity index (χ3v) is 3.05. The van der Waals surface area contributed by atoms with E-state index in [1.165, 1.54) is 13.8 Å². The van der Waals surface area contributed by atoms with Gasteiger partial charge >= 0.3 is 5.97 Å². The van der Waals surface area contributed by atoms with Crippen LogP contribution in [0.4, 0.5) is 0 Å². The average molecular weight is 247 g/mol. The molecule has 4 nitrogen and oxygen atoms in total. The van der Waals surface area contributed by atoms with Crippen molar-refractivity contribution in [3.8, 4) is 5.75 Å². The molecule has 1 N–H and O–H groups in total. The summed E-state index contributed by atoms with van der Waals surface area (Å²) in [4.78, 5) is 11.0. The summed E-state index contributed by atoms with van der Waals surface area (Å²) >= 11 is 0. The molecule has 18 heavy (non-hydrogen) atoms. The largest absolute Gasteiger partial charge is 0.478 e. The van der Waals surface area contributed by atoms with Crippen molar-refractivity contribution in [3.63, 3.8) is 0 Å². The van der Waals surface area contributed by atoms with Gasteiger partial charge in [-0.25, -0.2) is 4.79 Å². The van der Waals surface area contributed by atoms with Crippen molar-refractivity contribution in [1.82, 2.24) is 4.57 Å². The van der Waals surface area contributed by atoms with Gasteiger partial charge < -0.3 is 14.4 Å². The first kappa shape index (κ1) is 12.5. The van der Waals surface area contributed by atoms with Crippen LogP contribution in [0.25, 0.3) is 10.9 Å². The van der Waals surface area contributed by atoms with Gasteiger partial charge in [0, 0.05) is 24.1 Å². The zero-order valence-corrected chi connectivity index (χ0v) is 11.0. The van der Waals surface area contributed by atoms with E-state index in [1.54, 1.807) is 6.07 Å². The predicted molar refractivity (Wildman–Crippen MR) is 70.0 cm³/mol. The van der Waals surface area contributed by atoms with E-state index in [0.717, 1.165) is 16.5 Å². The molecular formula is C14H17NO3. The number of aromatic nitrogens is 1. The molecule has 0 aliphatic heterocycles. The third kappa shape index (κ3) is 2.06. The summed E-state index contributed by atoms with van der Waals surface area (Å²) in [6, 6.07) is 5.62. The van der Waals surface area contributed by atoms with Gasteiger partial charge in [-0.05, 0) is 44.5 Å². The molecule has 2 rings (SSSR count). The van der Waals surface area contributed by atoms with E-state index in [9.17, 15) is 4.79 Å². The van der Waals surface area contributed by atoms with Gasteiger partial charge in [0.05, 0.1) is 0 Å². The van der Waals surface area contributed by atoms with E-state index in [4.69, 9.17) is 9.84 Å². The summed E-state index contributed by atoms with van der Waals surface area (Å²) in [5.41, 5.74) is 1.02. The first-order valence-electron chi connectivity index (χ1n) is 5.79. The Bertz CT molecular complexity index is 611. The van der Waals surface area contributed by atoms with Gasteiger partial charge in [-0.3, -0.25) is 0 Å². The van der Waals surface area contributed by atoms with Gasteiger partial charge in [0.25, 0.3) is 0 Å². The normalized spacial score (nSPS) is 11.8. The highest BCUT2D eigenvalue weighted by molar-refractivity contribution is 5.85. The molecule has 0 aliphatic carbocycles. The van der Waals surface area contributed by atoms with Gasteiger partial charge in [-0.15, -0.1) is 0 Å². The number of hydrogen-bond acceptors (Lipinski definition) is 2. The molecule has 0 spiro atoms. The van der Waals surface area contributed by atoms with Crippen LogP contribution in [-0.2, 0) is 11.8 Å². The van der Waals surface area contributed by atoms with Crippen molar-refractivity contribution in [2.75, 3.05) is 0 Å². The van der Waals surface area contributed by atoms with Gasteiger partial charge in [0.2, 0.25) is 0 Å². The molecule has 1 aromatic carbocycles. The molecule has 0 atom stereocenters. The summed E-state index contributed by atoms with van der Waals surface area (Å²) in [7, 11) is 1.98. The zero-order chi connectivity index (χ0) is 13.5. The maximum atomic E-state index is 11.0. The first-order chi connectivity index (χ1) is 8.31. The molecule has 0 aliphatic rings. The Balaban J connectivity index is 2.42. The van der Waals surface area contributed by atoms with E-state index in [-0.39, 0.29) is 0 Å². The molecule has 0 radical (unpaired) electrons. The van der Waals surface area contributed by atoms with Crippen LogP contribution in [0.2, 0.25) is 0 Å². The highest BCUT2D eigenvalue weighted by atomic mass is 16.5. The minimum Gasteiger partial charge on any atom is -0.478 e. The Morgan fingerprint density at radius 3 is 2.67 bits per heavy atom. The molecule has 96 valence electrons. The summed E-state index contributed by atoms with van der Waals surface area (Å²) in [5.74, 6) is -0.406. The summed E-state index contributed by atoms with van der Waals surface area (Å²) in [5, 5.41) is 10.1. The maximum absolute atomic E-state index is 11.0. The van der Waals surface area contributed by atoms with Crippen molar-refractivity contribution in [1.29, 1.82) is 0 Å². The van der Waals surface area contributed by atoms with Crippen LogP contribution in [0.15, 0.2) is 24.4 Å². The Kier molecular flexibility index (Phi) is 2.81. The number of aryl methyl sites for hydroxylation is 2. The minimum absolute atomic E-state index is 0.573. The second kappa shape index (κ2) is 4.05. The van der Waals surface area contributed by atoms with Crippen molar-refractivity contribution in [3.05, 3.63) is 30.0 Å². The quantitative estimate of drug-likeness (QED) is 0.907. The lowest BCUT2D eigenvalue weighted by molar-refractivity contribution is -0.152. The summed E-state index contributed by atoms with van der Waals surface area (Å²) < 4.78 is 7.57. The molecule has 0 fully saturated rings. The monoisotopic (exact) mass is 247 g/mol. The molecule has 1 aromatic heterocycles. The Morgan fingerprint density at radius 1 is 1.39 bits per heavy atom. The number of rotatable bonds is 3. The molecule has 2 aromatic rings. The van der Waals surface area contributed by atoms with E-state index < -0.39 is 11.6 Å². The number of nitrogens with zero attached hydrogens (tertiary/aromatic N) is 1. The molecule has 0 saturated heterocycles. The van der Waals surface area contributed by atoms with E-state index >= 15 is 0 Å². The summed E-state index contributed by atoms with van der Waals surface area (Å²) in [6.07, 6.45) is 2.04. The zero-order valence-electron chi connectivity index (χ0n) is 11.0. The van der Waals surface area contributed by atoms with Crippen LogP contribution in [0.1, 0.15) is 19.4 Å². The molecule has 4 heteroatoms. The highest BCUT2D eigenvalue weighted by Gasteiger charge is 2.29. The number of carboxylic acids is 1. The van der Waals surface area contributed by atoms with Crippen LogP contribution in [0.3, 0.4) is 0 Å². The Hall–Kier alpha value is -1.97. The lowest BCUT2D eigenvalue weighted by Crippen LogP contribution is -2.37. The molecule has 0 amide bonds. The number of benzene rings is 1. The number of ether oxygens (including phenoxy) is 1. The predicted octanol–water partition coefficient (Wildman–Crippen LogP) is 2.73. The Morgan fingerprint density at radius 2 is 2.06 bits per heavy atom. The van der Waals surface area contributed by atoms with Crippen molar-refractivity contribution >= 4 is 16.9 Å². The molecule has 0 saturated carbocycles. The molecule has 0 bridgehead atoms. The van der Waals surface area contributed by atoms with Crippen molar-refractivity contribution < 1.29 is 14.6 Å². The van der Waals surface area contributed by atoms with Gasteiger partial charge in [-0.2, -0.15) is 0 Å². The van der Waals surface area contributed by atoms with Crippen LogP contribution in [-0.4, -0.2) is 21.2 Å². The maximum Gasteiger partial charge on any atom is 0.347 e. The van der Waals surface area contributed by atoms with Gasteiger partial charge in [-0.1, -0.05) is 0 Å². The van der Waals surface area contributed by atoms with Gasteiger partial charge in [0.15, 0.2) is 5.60 Å². The fourth-order valence-electron chi connectivity index (χ4n) is 1.97. The minimum atomic E-state index is -1.23. The fourth-order valence-corrected chi connectivity index (χ4v) is 1.97. The Labute approximate surface area is 106 Å². The number of hydrogen-bond donors (Lipinski definition) is 1. The number of aliphatic carboxylic acids is 1. The van der Waals surface area contributed by atoms with Gasteiger partial charge in [0.1, 0.15) is 5.75 Å². The second-order valence-electron chi connectivity index (χ2n) is 5.02. The average Bonchev–Trinajstić information content (AvgIpc) is 2.54. The van der Waals surface area contributed by atoms with Crippen molar-refractivity contribution in [2.45, 2.75) is 26.4 Å². The summed E-state index contributed by atoms with van der Waals surface area (Å²) in [6.45, 7) is 5.10. The number of fused-ring (bicyclic) bond motifs is 1. The lowest BCUT2D eigenvalue weighted by Gasteiger charge is -2.21. The topological polar surface area (TPSA) is 51.5 Å². The number of carboxylic acid groups (broad SMARTS) is 1. The number of carbonyl (C=O) groups is 1. The smallest absolute Gasteiger partial charge is 0.347 e. The van der Waals surface area contributed by atoms with E-state index in [1.807, 2.05) is 36.9 Å². The standard InChI is InChI=1S/C14H17NO3/c1-9-8-15(4)12-6-5-10(7-11(9)12)18-14(2,3)13(16)17/h5-8H,1-4H3,(H,16,17).